The minimum atomic E-state index is -0.106. The second-order valence-corrected chi connectivity index (χ2v) is 7.61. The van der Waals surface area contributed by atoms with E-state index in [1.807, 2.05) is 24.0 Å². The highest BCUT2D eigenvalue weighted by Crippen LogP contribution is 2.33. The summed E-state index contributed by atoms with van der Waals surface area (Å²) in [4.78, 5) is 28.3. The largest absolute Gasteiger partial charge is 0.466 e. The van der Waals surface area contributed by atoms with E-state index in [1.165, 1.54) is 0 Å². The van der Waals surface area contributed by atoms with Crippen LogP contribution in [0.15, 0.2) is 24.3 Å². The number of nitrogens with zero attached hydrogens (tertiary/aromatic N) is 2. The van der Waals surface area contributed by atoms with Crippen LogP contribution in [0, 0.1) is 11.3 Å². The smallest absolute Gasteiger partial charge is 0.324 e. The summed E-state index contributed by atoms with van der Waals surface area (Å²) in [5, 5.41) is 7.47. The van der Waals surface area contributed by atoms with E-state index in [1.54, 1.807) is 17.0 Å². The second-order valence-electron chi connectivity index (χ2n) is 7.61. The quantitative estimate of drug-likeness (QED) is 0.398. The molecule has 1 aromatic carbocycles. The Balaban J connectivity index is 0.00000300. The first kappa shape index (κ1) is 23.0. The molecule has 1 aliphatic carbocycles. The number of carbonyl (C=O) groups is 2. The Morgan fingerprint density at radius 3 is 2.41 bits per heavy atom. The first-order valence-electron chi connectivity index (χ1n) is 10.2. The third-order valence-electron chi connectivity index (χ3n) is 5.85. The van der Waals surface area contributed by atoms with Crippen LogP contribution < -0.4 is 10.6 Å². The summed E-state index contributed by atoms with van der Waals surface area (Å²) in [5.74, 6) is 0.472. The number of amides is 2. The first-order valence-corrected chi connectivity index (χ1v) is 10.2. The number of amidine groups is 1. The van der Waals surface area contributed by atoms with Gasteiger partial charge in [-0.1, -0.05) is 0 Å². The molecule has 0 unspecified atom stereocenters. The molecule has 3 rings (SSSR count). The number of benzene rings is 1. The van der Waals surface area contributed by atoms with Gasteiger partial charge in [-0.3, -0.25) is 15.1 Å². The Hall–Kier alpha value is -2.28. The number of esters is 1. The number of urea groups is 1. The van der Waals surface area contributed by atoms with Crippen molar-refractivity contribution in [3.05, 3.63) is 29.8 Å². The number of nitrogens with two attached hydrogens (primary N) is 1. The number of carbonyl (C=O) groups excluding carboxylic acids is 2. The molecule has 3 N–H and O–H groups in total. The average Bonchev–Trinajstić information content (AvgIpc) is 3.08. The van der Waals surface area contributed by atoms with Gasteiger partial charge in [0.05, 0.1) is 6.61 Å². The Bertz CT molecular complexity index is 717. The van der Waals surface area contributed by atoms with E-state index in [-0.39, 0.29) is 36.3 Å². The van der Waals surface area contributed by atoms with Crippen molar-refractivity contribution in [1.82, 2.24) is 4.90 Å². The molecule has 7 nitrogen and oxygen atoms in total. The summed E-state index contributed by atoms with van der Waals surface area (Å²) in [6.45, 7) is 3.69. The van der Waals surface area contributed by atoms with Crippen LogP contribution in [0.1, 0.15) is 51.0 Å². The Morgan fingerprint density at radius 1 is 1.17 bits per heavy atom. The zero-order chi connectivity index (χ0) is 20.1. The molecule has 0 spiro atoms. The predicted molar refractivity (Wildman–Crippen MR) is 116 cm³/mol. The molecule has 0 radical (unpaired) electrons. The van der Waals surface area contributed by atoms with Crippen LogP contribution in [-0.4, -0.2) is 48.5 Å². The van der Waals surface area contributed by atoms with Gasteiger partial charge in [0.1, 0.15) is 5.84 Å². The molecule has 0 bridgehead atoms. The molecule has 2 amide bonds. The minimum absolute atomic E-state index is 0. The fourth-order valence-electron chi connectivity index (χ4n) is 4.25. The van der Waals surface area contributed by atoms with Crippen molar-refractivity contribution in [3.63, 3.8) is 0 Å². The lowest BCUT2D eigenvalue weighted by atomic mass is 9.83. The van der Waals surface area contributed by atoms with Crippen molar-refractivity contribution in [2.24, 2.45) is 11.7 Å². The highest BCUT2D eigenvalue weighted by Gasteiger charge is 2.36. The first-order chi connectivity index (χ1) is 13.5. The van der Waals surface area contributed by atoms with Gasteiger partial charge in [-0.05, 0) is 69.2 Å². The zero-order valence-corrected chi connectivity index (χ0v) is 17.7. The molecule has 2 fully saturated rings. The van der Waals surface area contributed by atoms with Crippen molar-refractivity contribution in [2.45, 2.75) is 51.5 Å². The molecular formula is C21H31ClN4O3. The van der Waals surface area contributed by atoms with Crippen molar-refractivity contribution in [3.8, 4) is 0 Å². The summed E-state index contributed by atoms with van der Waals surface area (Å²) in [7, 11) is 0. The molecule has 1 heterocycles. The highest BCUT2D eigenvalue weighted by atomic mass is 35.5. The number of hydrogen-bond donors (Lipinski definition) is 2. The molecule has 29 heavy (non-hydrogen) atoms. The maximum atomic E-state index is 12.9. The number of nitrogen functional groups attached to an aromatic ring is 1. The molecule has 0 aromatic heterocycles. The number of hydrogen-bond acceptors (Lipinski definition) is 4. The number of anilines is 1. The van der Waals surface area contributed by atoms with Crippen molar-refractivity contribution in [1.29, 1.82) is 5.41 Å². The van der Waals surface area contributed by atoms with Crippen LogP contribution in [0.5, 0.6) is 0 Å². The highest BCUT2D eigenvalue weighted by molar-refractivity contribution is 5.97. The lowest BCUT2D eigenvalue weighted by Crippen LogP contribution is -2.41. The number of ether oxygens (including phenoxy) is 1. The summed E-state index contributed by atoms with van der Waals surface area (Å²) >= 11 is 0. The normalized spacial score (nSPS) is 21.6. The van der Waals surface area contributed by atoms with Gasteiger partial charge in [-0.25, -0.2) is 4.79 Å². The maximum Gasteiger partial charge on any atom is 0.324 e. The fraction of sp³-hybridized carbons (Fsp3) is 0.571. The molecule has 2 aliphatic rings. The lowest BCUT2D eigenvalue weighted by molar-refractivity contribution is -0.143. The van der Waals surface area contributed by atoms with Crippen LogP contribution in [0.3, 0.4) is 0 Å². The summed E-state index contributed by atoms with van der Waals surface area (Å²) in [5.41, 5.74) is 7.01. The lowest BCUT2D eigenvalue weighted by Gasteiger charge is -2.34. The summed E-state index contributed by atoms with van der Waals surface area (Å²) in [6.07, 6.45) is 5.49. The number of halogens is 1. The average molecular weight is 423 g/mol. The van der Waals surface area contributed by atoms with E-state index in [0.29, 0.717) is 31.1 Å². The van der Waals surface area contributed by atoms with Gasteiger partial charge >= 0.3 is 12.0 Å². The van der Waals surface area contributed by atoms with Gasteiger partial charge in [0.15, 0.2) is 0 Å². The van der Waals surface area contributed by atoms with Crippen molar-refractivity contribution < 1.29 is 14.3 Å². The Kier molecular flexibility index (Phi) is 8.32. The van der Waals surface area contributed by atoms with Crippen LogP contribution >= 0.6 is 12.4 Å². The molecular weight excluding hydrogens is 392 g/mol. The summed E-state index contributed by atoms with van der Waals surface area (Å²) in [6, 6.07) is 7.61. The molecule has 0 atom stereocenters. The number of nitrogens with one attached hydrogen (secondary N) is 1. The second kappa shape index (κ2) is 10.5. The van der Waals surface area contributed by atoms with Gasteiger partial charge in [0, 0.05) is 36.8 Å². The van der Waals surface area contributed by atoms with E-state index in [9.17, 15) is 9.59 Å². The molecule has 1 saturated heterocycles. The number of rotatable bonds is 7. The molecule has 1 aromatic rings. The Labute approximate surface area is 178 Å². The third kappa shape index (κ3) is 5.63. The van der Waals surface area contributed by atoms with Crippen molar-refractivity contribution >= 4 is 35.9 Å². The molecule has 160 valence electrons. The maximum absolute atomic E-state index is 12.9. The zero-order valence-electron chi connectivity index (χ0n) is 16.9. The topological polar surface area (TPSA) is 99.7 Å². The standard InChI is InChI=1S/C21H30N4O3.ClH/c1-2-28-19(26)12-5-15-3-8-17(9-4-15)24-13-14-25(21(24)27)18-10-6-16(7-11-18)20(22)23;/h6-7,10-11,15,17H,2-5,8-9,12-14H2,1H3,(H3,22,23);1H. The predicted octanol–water partition coefficient (Wildman–Crippen LogP) is 3.54. The molecule has 1 saturated carbocycles. The molecule has 1 aliphatic heterocycles. The van der Waals surface area contributed by atoms with Crippen molar-refractivity contribution in [2.75, 3.05) is 24.6 Å². The fourth-order valence-corrected chi connectivity index (χ4v) is 4.25. The molecule has 8 heteroatoms. The summed E-state index contributed by atoms with van der Waals surface area (Å²) < 4.78 is 5.01. The minimum Gasteiger partial charge on any atom is -0.466 e. The monoisotopic (exact) mass is 422 g/mol. The van der Waals surface area contributed by atoms with Gasteiger partial charge in [0.2, 0.25) is 0 Å². The van der Waals surface area contributed by atoms with E-state index in [2.05, 4.69) is 0 Å². The van der Waals surface area contributed by atoms with Crippen LogP contribution in [0.4, 0.5) is 10.5 Å². The SMILES string of the molecule is CCOC(=O)CCC1CCC(N2CCN(c3ccc(C(=N)N)cc3)C2=O)CC1.Cl. The van der Waals surface area contributed by atoms with E-state index in [0.717, 1.165) is 44.3 Å². The van der Waals surface area contributed by atoms with Gasteiger partial charge < -0.3 is 15.4 Å². The van der Waals surface area contributed by atoms with Gasteiger partial charge in [-0.15, -0.1) is 12.4 Å². The van der Waals surface area contributed by atoms with E-state index in [4.69, 9.17) is 15.9 Å². The van der Waals surface area contributed by atoms with Gasteiger partial charge in [-0.2, -0.15) is 0 Å². The van der Waals surface area contributed by atoms with Crippen LogP contribution in [0.2, 0.25) is 0 Å². The van der Waals surface area contributed by atoms with E-state index < -0.39 is 0 Å². The van der Waals surface area contributed by atoms with Gasteiger partial charge in [0.25, 0.3) is 0 Å². The van der Waals surface area contributed by atoms with Crippen LogP contribution in [-0.2, 0) is 9.53 Å². The third-order valence-corrected chi connectivity index (χ3v) is 5.85. The van der Waals surface area contributed by atoms with E-state index >= 15 is 0 Å². The Morgan fingerprint density at radius 2 is 1.83 bits per heavy atom. The van der Waals surface area contributed by atoms with Crippen LogP contribution in [0.25, 0.3) is 0 Å².